The fourth-order valence-electron chi connectivity index (χ4n) is 3.56. The van der Waals surface area contributed by atoms with Crippen molar-refractivity contribution in [1.82, 2.24) is 9.97 Å². The summed E-state index contributed by atoms with van der Waals surface area (Å²) >= 11 is 0. The average molecular weight is 349 g/mol. The second kappa shape index (κ2) is 6.56. The molecule has 1 N–H and O–H groups in total. The molecule has 0 radical (unpaired) electrons. The van der Waals surface area contributed by atoms with Gasteiger partial charge in [0.05, 0.1) is 12.7 Å². The highest BCUT2D eigenvalue weighted by Gasteiger charge is 2.17. The second-order valence-electron chi connectivity index (χ2n) is 7.36. The van der Waals surface area contributed by atoms with E-state index < -0.39 is 0 Å². The van der Waals surface area contributed by atoms with E-state index in [-0.39, 0.29) is 18.2 Å². The third-order valence-electron chi connectivity index (χ3n) is 4.87. The van der Waals surface area contributed by atoms with Gasteiger partial charge < -0.3 is 9.73 Å². The number of carbonyl (C=O) groups excluding carboxylic acids is 1. The fourth-order valence-corrected chi connectivity index (χ4v) is 3.56. The molecule has 2 heterocycles. The van der Waals surface area contributed by atoms with Crippen LogP contribution in [0.1, 0.15) is 54.4 Å². The first kappa shape index (κ1) is 16.8. The van der Waals surface area contributed by atoms with Gasteiger partial charge in [0.1, 0.15) is 17.2 Å². The highest BCUT2D eigenvalue weighted by molar-refractivity contribution is 5.95. The summed E-state index contributed by atoms with van der Waals surface area (Å²) in [4.78, 5) is 21.4. The van der Waals surface area contributed by atoms with Gasteiger partial charge in [0, 0.05) is 28.6 Å². The lowest BCUT2D eigenvalue weighted by molar-refractivity contribution is -0.115. The maximum Gasteiger partial charge on any atom is 0.230 e. The normalized spacial score (nSPS) is 13.4. The van der Waals surface area contributed by atoms with Crippen LogP contribution >= 0.6 is 0 Å². The fraction of sp³-hybridized carbons (Fsp3) is 0.381. The van der Waals surface area contributed by atoms with E-state index in [1.165, 1.54) is 17.5 Å². The molecule has 0 saturated heterocycles. The van der Waals surface area contributed by atoms with E-state index >= 15 is 0 Å². The van der Waals surface area contributed by atoms with E-state index in [4.69, 9.17) is 4.42 Å². The zero-order chi connectivity index (χ0) is 18.3. The Balaban J connectivity index is 1.55. The molecule has 0 bridgehead atoms. The molecule has 26 heavy (non-hydrogen) atoms. The molecule has 1 aromatic carbocycles. The Hall–Kier alpha value is -2.69. The number of amides is 1. The van der Waals surface area contributed by atoms with Gasteiger partial charge in [0.15, 0.2) is 0 Å². The van der Waals surface area contributed by atoms with E-state index in [1.807, 2.05) is 20.8 Å². The predicted octanol–water partition coefficient (Wildman–Crippen LogP) is 4.32. The van der Waals surface area contributed by atoms with Crippen molar-refractivity contribution in [3.05, 3.63) is 52.7 Å². The minimum atomic E-state index is -0.0963. The van der Waals surface area contributed by atoms with Gasteiger partial charge in [-0.05, 0) is 49.4 Å². The molecule has 1 aliphatic carbocycles. The number of rotatable bonds is 4. The average Bonchev–Trinajstić information content (AvgIpc) is 3.19. The molecule has 0 aliphatic heterocycles. The van der Waals surface area contributed by atoms with Crippen molar-refractivity contribution in [1.29, 1.82) is 0 Å². The Labute approximate surface area is 152 Å². The molecule has 3 aromatic rings. The maximum atomic E-state index is 12.5. The van der Waals surface area contributed by atoms with Crippen LogP contribution in [0.4, 0.5) is 5.82 Å². The van der Waals surface area contributed by atoms with Crippen LogP contribution in [0, 0.1) is 6.92 Å². The van der Waals surface area contributed by atoms with Crippen molar-refractivity contribution in [3.63, 3.8) is 0 Å². The Morgan fingerprint density at radius 1 is 1.19 bits per heavy atom. The highest BCUT2D eigenvalue weighted by Crippen LogP contribution is 2.30. The number of carbonyl (C=O) groups is 1. The number of benzene rings is 1. The van der Waals surface area contributed by atoms with Crippen LogP contribution in [0.25, 0.3) is 11.0 Å². The monoisotopic (exact) mass is 349 g/mol. The van der Waals surface area contributed by atoms with Gasteiger partial charge in [-0.3, -0.25) is 4.79 Å². The van der Waals surface area contributed by atoms with Crippen LogP contribution in [-0.2, 0) is 24.1 Å². The number of aryl methyl sites for hydroxylation is 3. The SMILES string of the molecule is Cc1cc(NC(=O)Cc2coc3cc4c(cc23)CCC4)nc(C(C)C)n1. The number of hydrogen-bond donors (Lipinski definition) is 1. The highest BCUT2D eigenvalue weighted by atomic mass is 16.3. The molecule has 1 aliphatic rings. The second-order valence-corrected chi connectivity index (χ2v) is 7.36. The topological polar surface area (TPSA) is 68.0 Å². The molecule has 0 spiro atoms. The number of anilines is 1. The lowest BCUT2D eigenvalue weighted by Crippen LogP contribution is -2.16. The molecular weight excluding hydrogens is 326 g/mol. The Kier molecular flexibility index (Phi) is 4.23. The third-order valence-corrected chi connectivity index (χ3v) is 4.87. The minimum absolute atomic E-state index is 0.0963. The molecule has 2 aromatic heterocycles. The lowest BCUT2D eigenvalue weighted by atomic mass is 10.0. The zero-order valence-corrected chi connectivity index (χ0v) is 15.4. The zero-order valence-electron chi connectivity index (χ0n) is 15.4. The summed E-state index contributed by atoms with van der Waals surface area (Å²) in [5.74, 6) is 1.41. The summed E-state index contributed by atoms with van der Waals surface area (Å²) in [7, 11) is 0. The summed E-state index contributed by atoms with van der Waals surface area (Å²) in [6.07, 6.45) is 5.40. The van der Waals surface area contributed by atoms with E-state index in [1.54, 1.807) is 12.3 Å². The van der Waals surface area contributed by atoms with Crippen molar-refractivity contribution in [2.45, 2.75) is 52.4 Å². The number of fused-ring (bicyclic) bond motifs is 2. The van der Waals surface area contributed by atoms with Gasteiger partial charge in [-0.2, -0.15) is 0 Å². The van der Waals surface area contributed by atoms with E-state index in [0.29, 0.717) is 5.82 Å². The van der Waals surface area contributed by atoms with Gasteiger partial charge in [0.25, 0.3) is 0 Å². The third kappa shape index (κ3) is 3.21. The smallest absolute Gasteiger partial charge is 0.230 e. The first-order valence-electron chi connectivity index (χ1n) is 9.17. The predicted molar refractivity (Wildman–Crippen MR) is 101 cm³/mol. The van der Waals surface area contributed by atoms with Gasteiger partial charge in [0.2, 0.25) is 5.91 Å². The summed E-state index contributed by atoms with van der Waals surface area (Å²) in [6.45, 7) is 5.99. The molecule has 5 nitrogen and oxygen atoms in total. The van der Waals surface area contributed by atoms with Crippen LogP contribution in [0.5, 0.6) is 0 Å². The number of nitrogens with zero attached hydrogens (tertiary/aromatic N) is 2. The van der Waals surface area contributed by atoms with Crippen molar-refractivity contribution in [3.8, 4) is 0 Å². The largest absolute Gasteiger partial charge is 0.464 e. The molecule has 5 heteroatoms. The molecule has 0 fully saturated rings. The van der Waals surface area contributed by atoms with Crippen molar-refractivity contribution >= 4 is 22.7 Å². The summed E-state index contributed by atoms with van der Waals surface area (Å²) in [5, 5.41) is 3.95. The van der Waals surface area contributed by atoms with E-state index in [0.717, 1.165) is 40.9 Å². The molecule has 134 valence electrons. The van der Waals surface area contributed by atoms with Crippen LogP contribution in [0.2, 0.25) is 0 Å². The molecule has 1 amide bonds. The lowest BCUT2D eigenvalue weighted by Gasteiger charge is -2.09. The standard InChI is InChI=1S/C21H23N3O2/c1-12(2)21-22-13(3)7-19(24-21)23-20(25)10-16-11-26-18-9-15-6-4-5-14(15)8-17(16)18/h7-9,11-12H,4-6,10H2,1-3H3,(H,22,23,24,25). The van der Waals surface area contributed by atoms with Crippen molar-refractivity contribution in [2.24, 2.45) is 0 Å². The number of aromatic nitrogens is 2. The van der Waals surface area contributed by atoms with Crippen LogP contribution in [0.15, 0.2) is 28.9 Å². The Bertz CT molecular complexity index is 988. The number of hydrogen-bond acceptors (Lipinski definition) is 4. The number of furan rings is 1. The molecule has 0 atom stereocenters. The van der Waals surface area contributed by atoms with Crippen LogP contribution < -0.4 is 5.32 Å². The van der Waals surface area contributed by atoms with E-state index in [2.05, 4.69) is 27.4 Å². The Morgan fingerprint density at radius 2 is 1.96 bits per heavy atom. The van der Waals surface area contributed by atoms with Crippen molar-refractivity contribution < 1.29 is 9.21 Å². The van der Waals surface area contributed by atoms with Gasteiger partial charge >= 0.3 is 0 Å². The minimum Gasteiger partial charge on any atom is -0.464 e. The van der Waals surface area contributed by atoms with Gasteiger partial charge in [-0.1, -0.05) is 13.8 Å². The van der Waals surface area contributed by atoms with Crippen LogP contribution in [-0.4, -0.2) is 15.9 Å². The quantitative estimate of drug-likeness (QED) is 0.761. The Morgan fingerprint density at radius 3 is 2.73 bits per heavy atom. The van der Waals surface area contributed by atoms with Crippen molar-refractivity contribution in [2.75, 3.05) is 5.32 Å². The summed E-state index contributed by atoms with van der Waals surface area (Å²) in [5.41, 5.74) is 5.40. The van der Waals surface area contributed by atoms with E-state index in [9.17, 15) is 4.79 Å². The molecule has 4 rings (SSSR count). The molecule has 0 unspecified atom stereocenters. The van der Waals surface area contributed by atoms with Gasteiger partial charge in [-0.25, -0.2) is 9.97 Å². The first-order chi connectivity index (χ1) is 12.5. The summed E-state index contributed by atoms with van der Waals surface area (Å²) < 4.78 is 5.69. The van der Waals surface area contributed by atoms with Gasteiger partial charge in [-0.15, -0.1) is 0 Å². The van der Waals surface area contributed by atoms with Crippen LogP contribution in [0.3, 0.4) is 0 Å². The number of nitrogens with one attached hydrogen (secondary N) is 1. The summed E-state index contributed by atoms with van der Waals surface area (Å²) in [6, 6.07) is 6.11. The first-order valence-corrected chi connectivity index (χ1v) is 9.17. The maximum absolute atomic E-state index is 12.5. The molecular formula is C21H23N3O2. The molecule has 0 saturated carbocycles.